The molecule has 42 heavy (non-hydrogen) atoms. The minimum Gasteiger partial charge on any atom is -0.455 e. The molecular weight excluding hydrogens is 529 g/mol. The van der Waals surface area contributed by atoms with Crippen LogP contribution < -0.4 is 0 Å². The molecule has 0 saturated heterocycles. The Morgan fingerprint density at radius 3 is 1.90 bits per heavy atom. The van der Waals surface area contributed by atoms with Crippen LogP contribution in [0.5, 0.6) is 0 Å². The van der Waals surface area contributed by atoms with Crippen LogP contribution in [0.3, 0.4) is 0 Å². The minimum atomic E-state index is 0.953. The van der Waals surface area contributed by atoms with Crippen LogP contribution in [0, 0.1) is 0 Å². The predicted molar refractivity (Wildman–Crippen MR) is 182 cm³/mol. The van der Waals surface area contributed by atoms with Crippen molar-refractivity contribution in [3.63, 3.8) is 0 Å². The molecule has 0 fully saturated rings. The van der Waals surface area contributed by atoms with Gasteiger partial charge in [0.25, 0.3) is 0 Å². The Morgan fingerprint density at radius 1 is 0.381 bits per heavy atom. The van der Waals surface area contributed by atoms with Crippen molar-refractivity contribution in [2.75, 3.05) is 0 Å². The Bertz CT molecular complexity index is 2740. The first kappa shape index (κ1) is 22.5. The zero-order valence-corrected chi connectivity index (χ0v) is 23.3. The van der Waals surface area contributed by atoms with Gasteiger partial charge in [-0.15, -0.1) is 11.3 Å². The molecule has 1 nitrogen and oxygen atoms in total. The summed E-state index contributed by atoms with van der Waals surface area (Å²) < 4.78 is 9.61. The van der Waals surface area contributed by atoms with Gasteiger partial charge in [0.05, 0.1) is 0 Å². The monoisotopic (exact) mass is 550 g/mol. The summed E-state index contributed by atoms with van der Waals surface area (Å²) in [6, 6.07) is 48.6. The van der Waals surface area contributed by atoms with E-state index in [1.807, 2.05) is 11.3 Å². The Morgan fingerprint density at radius 2 is 1.05 bits per heavy atom. The molecular formula is C40H22OS. The van der Waals surface area contributed by atoms with Gasteiger partial charge in [0.1, 0.15) is 11.2 Å². The molecule has 0 saturated carbocycles. The van der Waals surface area contributed by atoms with Gasteiger partial charge in [-0.1, -0.05) is 115 Å². The van der Waals surface area contributed by atoms with Crippen molar-refractivity contribution in [1.29, 1.82) is 0 Å². The number of benzene rings is 8. The van der Waals surface area contributed by atoms with Gasteiger partial charge in [0.2, 0.25) is 0 Å². The normalized spacial score (nSPS) is 12.3. The minimum absolute atomic E-state index is 0.953. The molecule has 0 N–H and O–H groups in total. The third-order valence-electron chi connectivity index (χ3n) is 9.01. The topological polar surface area (TPSA) is 13.1 Å². The molecule has 2 heterocycles. The van der Waals surface area contributed by atoms with E-state index in [4.69, 9.17) is 4.42 Å². The van der Waals surface area contributed by atoms with E-state index in [-0.39, 0.29) is 0 Å². The molecule has 0 aliphatic rings. The third kappa shape index (κ3) is 2.92. The molecule has 2 heteroatoms. The number of rotatable bonds is 1. The van der Waals surface area contributed by atoms with Crippen LogP contribution in [0.15, 0.2) is 138 Å². The molecule has 0 atom stereocenters. The van der Waals surface area contributed by atoms with Crippen molar-refractivity contribution in [3.05, 3.63) is 133 Å². The lowest BCUT2D eigenvalue weighted by Crippen LogP contribution is -1.85. The predicted octanol–water partition coefficient (Wildman–Crippen LogP) is 12.2. The highest BCUT2D eigenvalue weighted by Gasteiger charge is 2.21. The van der Waals surface area contributed by atoms with Crippen LogP contribution in [0.2, 0.25) is 0 Å². The Labute approximate surface area is 244 Å². The quantitative estimate of drug-likeness (QED) is 0.198. The standard InChI is InChI=1S/C40H22OS/c1-5-13-28-23(8-1)16-19-31-36-27-12-4-3-10-26(27)22-33(39(36)41-38(28)31)30-15-7-11-25-18-21-34-37(35(25)30)32-20-17-24-9-2-6-14-29(24)40(32)42-34/h1-22H. The highest BCUT2D eigenvalue weighted by molar-refractivity contribution is 7.26. The third-order valence-corrected chi connectivity index (χ3v) is 10.2. The van der Waals surface area contributed by atoms with Crippen molar-refractivity contribution in [1.82, 2.24) is 0 Å². The van der Waals surface area contributed by atoms with Crippen molar-refractivity contribution in [3.8, 4) is 11.1 Å². The van der Waals surface area contributed by atoms with Gasteiger partial charge < -0.3 is 4.42 Å². The molecule has 8 aromatic carbocycles. The highest BCUT2D eigenvalue weighted by atomic mass is 32.1. The smallest absolute Gasteiger partial charge is 0.143 e. The van der Waals surface area contributed by atoms with Crippen LogP contribution in [-0.4, -0.2) is 0 Å². The average Bonchev–Trinajstić information content (AvgIpc) is 3.64. The zero-order valence-electron chi connectivity index (χ0n) is 22.5. The number of fused-ring (bicyclic) bond motifs is 14. The first-order chi connectivity index (χ1) is 20.8. The molecule has 2 aromatic heterocycles. The maximum Gasteiger partial charge on any atom is 0.143 e. The number of hydrogen-bond donors (Lipinski definition) is 0. The lowest BCUT2D eigenvalue weighted by Gasteiger charge is -2.12. The summed E-state index contributed by atoms with van der Waals surface area (Å²) in [7, 11) is 0. The zero-order chi connectivity index (χ0) is 27.4. The average molecular weight is 551 g/mol. The highest BCUT2D eigenvalue weighted by Crippen LogP contribution is 2.48. The van der Waals surface area contributed by atoms with E-state index in [2.05, 4.69) is 133 Å². The summed E-state index contributed by atoms with van der Waals surface area (Å²) in [5.41, 5.74) is 4.26. The molecule has 0 spiro atoms. The van der Waals surface area contributed by atoms with Gasteiger partial charge in [-0.25, -0.2) is 0 Å². The molecule has 0 unspecified atom stereocenters. The molecule has 0 bridgehead atoms. The van der Waals surface area contributed by atoms with Gasteiger partial charge in [0.15, 0.2) is 0 Å². The second kappa shape index (κ2) is 8.19. The maximum absolute atomic E-state index is 6.95. The molecule has 0 aliphatic heterocycles. The fraction of sp³-hybridized carbons (Fsp3) is 0. The second-order valence-electron chi connectivity index (χ2n) is 11.2. The molecule has 10 rings (SSSR count). The number of hydrogen-bond acceptors (Lipinski definition) is 2. The molecule has 194 valence electrons. The van der Waals surface area contributed by atoms with Gasteiger partial charge in [-0.2, -0.15) is 0 Å². The summed E-state index contributed by atoms with van der Waals surface area (Å²) in [4.78, 5) is 0. The largest absolute Gasteiger partial charge is 0.455 e. The van der Waals surface area contributed by atoms with Crippen molar-refractivity contribution >= 4 is 96.5 Å². The van der Waals surface area contributed by atoms with Gasteiger partial charge in [-0.05, 0) is 61.5 Å². The van der Waals surface area contributed by atoms with Crippen LogP contribution in [0.1, 0.15) is 0 Å². The number of thiophene rings is 1. The van der Waals surface area contributed by atoms with Crippen molar-refractivity contribution in [2.24, 2.45) is 0 Å². The first-order valence-corrected chi connectivity index (χ1v) is 15.2. The van der Waals surface area contributed by atoms with Crippen molar-refractivity contribution < 1.29 is 4.42 Å². The van der Waals surface area contributed by atoms with E-state index < -0.39 is 0 Å². The Kier molecular flexibility index (Phi) is 4.39. The molecule has 10 aromatic rings. The summed E-state index contributed by atoms with van der Waals surface area (Å²) in [6.07, 6.45) is 0. The lowest BCUT2D eigenvalue weighted by molar-refractivity contribution is 0.674. The maximum atomic E-state index is 6.95. The van der Waals surface area contributed by atoms with Crippen molar-refractivity contribution in [2.45, 2.75) is 0 Å². The lowest BCUT2D eigenvalue weighted by atomic mass is 9.91. The summed E-state index contributed by atoms with van der Waals surface area (Å²) in [6.45, 7) is 0. The van der Waals surface area contributed by atoms with Crippen LogP contribution >= 0.6 is 11.3 Å². The van der Waals surface area contributed by atoms with E-state index in [0.717, 1.165) is 22.1 Å². The van der Waals surface area contributed by atoms with Gasteiger partial charge in [0, 0.05) is 41.9 Å². The fourth-order valence-electron chi connectivity index (χ4n) is 7.15. The molecule has 0 amide bonds. The second-order valence-corrected chi connectivity index (χ2v) is 12.3. The van der Waals surface area contributed by atoms with Crippen LogP contribution in [-0.2, 0) is 0 Å². The summed E-state index contributed by atoms with van der Waals surface area (Å²) in [5, 5.41) is 14.9. The van der Waals surface area contributed by atoms with Gasteiger partial charge in [-0.3, -0.25) is 0 Å². The van der Waals surface area contributed by atoms with E-state index in [1.165, 1.54) is 74.2 Å². The summed E-state index contributed by atoms with van der Waals surface area (Å²) in [5.74, 6) is 0. The summed E-state index contributed by atoms with van der Waals surface area (Å²) >= 11 is 1.90. The molecule has 0 radical (unpaired) electrons. The van der Waals surface area contributed by atoms with Crippen LogP contribution in [0.25, 0.3) is 96.3 Å². The fourth-order valence-corrected chi connectivity index (χ4v) is 8.40. The van der Waals surface area contributed by atoms with E-state index >= 15 is 0 Å². The SMILES string of the molecule is c1ccc2c(c1)ccc1c2oc2c(-c3cccc4ccc5sc6c7ccccc7ccc6c5c34)cc3ccccc3c21. The van der Waals surface area contributed by atoms with E-state index in [0.29, 0.717) is 0 Å². The first-order valence-electron chi connectivity index (χ1n) is 14.4. The van der Waals surface area contributed by atoms with E-state index in [1.54, 1.807) is 0 Å². The Balaban J connectivity index is 1.41. The number of furan rings is 1. The van der Waals surface area contributed by atoms with E-state index in [9.17, 15) is 0 Å². The molecule has 0 aliphatic carbocycles. The van der Waals surface area contributed by atoms with Gasteiger partial charge >= 0.3 is 0 Å². The Hall–Kier alpha value is -5.18. The van der Waals surface area contributed by atoms with Crippen LogP contribution in [0.4, 0.5) is 0 Å².